The zero-order valence-corrected chi connectivity index (χ0v) is 20.3. The summed E-state index contributed by atoms with van der Waals surface area (Å²) in [4.78, 5) is 46.7. The second-order valence-electron chi connectivity index (χ2n) is 6.87. The summed E-state index contributed by atoms with van der Waals surface area (Å²) in [5.41, 5.74) is 13.3. The van der Waals surface area contributed by atoms with E-state index in [4.69, 9.17) is 25.8 Å². The Morgan fingerprint density at radius 1 is 1.26 bits per heavy atom. The standard InChI is InChI=1S/C12H17N6O12P3S/c1-5-8(6-2-34-9-7(6)15-4-16-11(9)13)28-12(10(5)19,17-18-14)3-27-32(23,24)30-33(25,26)29-31(20,21)22/h2,4-5,8,10,19H,3H2,1H3,(H,23,24)(H,25,26)(H2,13,15,16)(H2,20,21,22)/t5-,8+,10-,12+/m0/s1. The molecular weight excluding hydrogens is 545 g/mol. The van der Waals surface area contributed by atoms with Crippen LogP contribution in [0.4, 0.5) is 5.82 Å². The van der Waals surface area contributed by atoms with Gasteiger partial charge in [-0.1, -0.05) is 12.0 Å². The number of aliphatic hydroxyl groups excluding tert-OH is 1. The summed E-state index contributed by atoms with van der Waals surface area (Å²) in [6.07, 6.45) is -1.40. The molecule has 2 aromatic rings. The van der Waals surface area contributed by atoms with Crippen LogP contribution in [0.1, 0.15) is 18.6 Å². The number of aromatic nitrogens is 2. The van der Waals surface area contributed by atoms with Gasteiger partial charge in [0.25, 0.3) is 0 Å². The van der Waals surface area contributed by atoms with Crippen molar-refractivity contribution in [2.24, 2.45) is 11.0 Å². The molecule has 1 fully saturated rings. The summed E-state index contributed by atoms with van der Waals surface area (Å²) >= 11 is 1.19. The van der Waals surface area contributed by atoms with E-state index in [9.17, 15) is 28.6 Å². The third kappa shape index (κ3) is 5.82. The first kappa shape index (κ1) is 27.1. The Balaban J connectivity index is 1.86. The molecule has 0 bridgehead atoms. The summed E-state index contributed by atoms with van der Waals surface area (Å²) < 4.78 is 52.4. The molecule has 0 saturated carbocycles. The number of ether oxygens (including phenoxy) is 1. The zero-order chi connectivity index (χ0) is 25.5. The van der Waals surface area contributed by atoms with Crippen LogP contribution in [0, 0.1) is 5.92 Å². The smallest absolute Gasteiger partial charge is 0.389 e. The summed E-state index contributed by atoms with van der Waals surface area (Å²) in [6, 6.07) is 0. The van der Waals surface area contributed by atoms with Crippen molar-refractivity contribution in [3.63, 3.8) is 0 Å². The maximum absolute atomic E-state index is 12.1. The average molecular weight is 562 g/mol. The van der Waals surface area contributed by atoms with E-state index >= 15 is 0 Å². The first-order valence-electron chi connectivity index (χ1n) is 8.78. The number of phosphoric acid groups is 3. The minimum absolute atomic E-state index is 0.196. The van der Waals surface area contributed by atoms with E-state index in [-0.39, 0.29) is 5.82 Å². The summed E-state index contributed by atoms with van der Waals surface area (Å²) in [6.45, 7) is 0.338. The Morgan fingerprint density at radius 3 is 2.56 bits per heavy atom. The number of thiophene rings is 1. The number of aliphatic hydroxyl groups is 1. The summed E-state index contributed by atoms with van der Waals surface area (Å²) in [5, 5.41) is 15.7. The molecule has 188 valence electrons. The van der Waals surface area contributed by atoms with E-state index in [1.807, 2.05) is 0 Å². The molecule has 0 aliphatic carbocycles. The zero-order valence-electron chi connectivity index (χ0n) is 16.8. The predicted octanol–water partition coefficient (Wildman–Crippen LogP) is 1.69. The first-order valence-corrected chi connectivity index (χ1v) is 14.2. The minimum Gasteiger partial charge on any atom is -0.389 e. The van der Waals surface area contributed by atoms with Gasteiger partial charge in [0.1, 0.15) is 12.1 Å². The van der Waals surface area contributed by atoms with Crippen molar-refractivity contribution in [2.45, 2.75) is 24.9 Å². The lowest BCUT2D eigenvalue weighted by Gasteiger charge is -2.27. The molecule has 22 heteroatoms. The number of anilines is 1. The van der Waals surface area contributed by atoms with Crippen molar-refractivity contribution in [1.29, 1.82) is 0 Å². The first-order chi connectivity index (χ1) is 15.6. The molecule has 3 rings (SSSR count). The molecule has 1 saturated heterocycles. The Kier molecular flexibility index (Phi) is 7.57. The molecule has 2 unspecified atom stereocenters. The fraction of sp³-hybridized carbons (Fsp3) is 0.500. The van der Waals surface area contributed by atoms with E-state index in [1.54, 1.807) is 5.38 Å². The monoisotopic (exact) mass is 562 g/mol. The molecule has 18 nitrogen and oxygen atoms in total. The van der Waals surface area contributed by atoms with Crippen LogP contribution in [-0.2, 0) is 31.6 Å². The average Bonchev–Trinajstić information content (AvgIpc) is 3.20. The van der Waals surface area contributed by atoms with Gasteiger partial charge in [0.15, 0.2) is 5.72 Å². The van der Waals surface area contributed by atoms with Crippen molar-refractivity contribution in [3.05, 3.63) is 27.7 Å². The van der Waals surface area contributed by atoms with E-state index < -0.39 is 53.9 Å². The van der Waals surface area contributed by atoms with Gasteiger partial charge in [-0.25, -0.2) is 23.7 Å². The fourth-order valence-corrected chi connectivity index (χ4v) is 7.18. The molecule has 0 aromatic carbocycles. The van der Waals surface area contributed by atoms with Crippen LogP contribution in [0.25, 0.3) is 20.7 Å². The number of phosphoric ester groups is 1. The molecular formula is C12H17N6O12P3S. The van der Waals surface area contributed by atoms with Crippen molar-refractivity contribution in [3.8, 4) is 0 Å². The fourth-order valence-electron chi connectivity index (χ4n) is 3.19. The van der Waals surface area contributed by atoms with Crippen molar-refractivity contribution in [2.75, 3.05) is 12.3 Å². The van der Waals surface area contributed by atoms with Gasteiger partial charge in [-0.3, -0.25) is 4.52 Å². The number of nitrogen functional groups attached to an aromatic ring is 1. The summed E-state index contributed by atoms with van der Waals surface area (Å²) in [7, 11) is -17.0. The van der Waals surface area contributed by atoms with Gasteiger partial charge in [-0.05, 0) is 10.9 Å². The van der Waals surface area contributed by atoms with Crippen LogP contribution >= 0.6 is 34.8 Å². The van der Waals surface area contributed by atoms with E-state index in [2.05, 4.69) is 33.1 Å². The van der Waals surface area contributed by atoms with Crippen molar-refractivity contribution < 1.29 is 56.3 Å². The number of rotatable bonds is 9. The number of hydrogen-bond donors (Lipinski definition) is 6. The number of hydrogen-bond acceptors (Lipinski definition) is 13. The third-order valence-corrected chi connectivity index (χ3v) is 9.34. The highest BCUT2D eigenvalue weighted by molar-refractivity contribution is 7.66. The number of fused-ring (bicyclic) bond motifs is 1. The second kappa shape index (κ2) is 9.50. The highest BCUT2D eigenvalue weighted by Crippen LogP contribution is 2.66. The molecule has 1 aliphatic heterocycles. The van der Waals surface area contributed by atoms with Crippen LogP contribution < -0.4 is 5.73 Å². The molecule has 2 aromatic heterocycles. The molecule has 1 aliphatic rings. The molecule has 0 spiro atoms. The maximum atomic E-state index is 12.1. The van der Waals surface area contributed by atoms with Gasteiger partial charge in [0, 0.05) is 16.4 Å². The minimum atomic E-state index is -5.78. The molecule has 0 radical (unpaired) electrons. The van der Waals surface area contributed by atoms with E-state index in [0.29, 0.717) is 15.8 Å². The normalized spacial score (nSPS) is 28.8. The lowest BCUT2D eigenvalue weighted by Crippen LogP contribution is -2.43. The predicted molar refractivity (Wildman–Crippen MR) is 113 cm³/mol. The van der Waals surface area contributed by atoms with Gasteiger partial charge in [-0.15, -0.1) is 11.3 Å². The third-order valence-electron chi connectivity index (χ3n) is 4.55. The molecule has 7 N–H and O–H groups in total. The van der Waals surface area contributed by atoms with Crippen LogP contribution in [-0.4, -0.2) is 53.1 Å². The SMILES string of the molecule is C[C@H]1[C@H](c2csc3c(N)ncnc23)O[C@@](COP(=O)(O)OP(=O)(O)OP(=O)(O)O)(N=[N+]=[N-])[C@H]1O. The van der Waals surface area contributed by atoms with Crippen LogP contribution in [0.15, 0.2) is 16.8 Å². The largest absolute Gasteiger partial charge is 0.490 e. The molecule has 34 heavy (non-hydrogen) atoms. The van der Waals surface area contributed by atoms with Gasteiger partial charge >= 0.3 is 23.5 Å². The number of azide groups is 1. The molecule has 0 amide bonds. The Bertz CT molecular complexity index is 1280. The second-order valence-corrected chi connectivity index (χ2v) is 12.2. The Labute approximate surface area is 193 Å². The highest BCUT2D eigenvalue weighted by atomic mass is 32.1. The lowest BCUT2D eigenvalue weighted by atomic mass is 9.92. The number of nitrogens with two attached hydrogens (primary N) is 1. The molecule has 3 heterocycles. The van der Waals surface area contributed by atoms with E-state index in [1.165, 1.54) is 24.6 Å². The van der Waals surface area contributed by atoms with Crippen LogP contribution in [0.3, 0.4) is 0 Å². The Hall–Kier alpha value is -1.52. The van der Waals surface area contributed by atoms with Crippen molar-refractivity contribution >= 4 is 50.8 Å². The van der Waals surface area contributed by atoms with E-state index in [0.717, 1.165) is 0 Å². The summed E-state index contributed by atoms with van der Waals surface area (Å²) in [5.74, 6) is -0.606. The van der Waals surface area contributed by atoms with Crippen LogP contribution in [0.5, 0.6) is 0 Å². The quantitative estimate of drug-likeness (QED) is 0.110. The van der Waals surface area contributed by atoms with Crippen LogP contribution in [0.2, 0.25) is 0 Å². The maximum Gasteiger partial charge on any atom is 0.490 e. The topological polar surface area (TPSA) is 290 Å². The van der Waals surface area contributed by atoms with Gasteiger partial charge in [0.05, 0.1) is 29.0 Å². The van der Waals surface area contributed by atoms with Gasteiger partial charge in [0.2, 0.25) is 0 Å². The highest BCUT2D eigenvalue weighted by Gasteiger charge is 2.55. The number of nitrogens with zero attached hydrogens (tertiary/aromatic N) is 5. The molecule has 6 atom stereocenters. The van der Waals surface area contributed by atoms with Crippen molar-refractivity contribution in [1.82, 2.24) is 9.97 Å². The van der Waals surface area contributed by atoms with Gasteiger partial charge in [-0.2, -0.15) is 8.62 Å². The van der Waals surface area contributed by atoms with Gasteiger partial charge < -0.3 is 35.2 Å². The lowest BCUT2D eigenvalue weighted by molar-refractivity contribution is -0.105. The Morgan fingerprint density at radius 2 is 1.94 bits per heavy atom.